The number of carbonyl (C=O) groups excluding carboxylic acids is 1. The molecule has 0 aliphatic carbocycles. The molecule has 1 aromatic carbocycles. The van der Waals surface area contributed by atoms with Crippen LogP contribution in [0.25, 0.3) is 10.8 Å². The normalized spacial score (nSPS) is 11.4. The van der Waals surface area contributed by atoms with Crippen LogP contribution in [-0.4, -0.2) is 22.6 Å². The summed E-state index contributed by atoms with van der Waals surface area (Å²) in [5.74, 6) is 0.345. The van der Waals surface area contributed by atoms with Gasteiger partial charge in [-0.1, -0.05) is 6.07 Å². The first-order valence-electron chi connectivity index (χ1n) is 6.80. The molecule has 1 amide bonds. The number of rotatable bonds is 3. The van der Waals surface area contributed by atoms with Gasteiger partial charge in [0, 0.05) is 24.2 Å². The first kappa shape index (κ1) is 15.1. The van der Waals surface area contributed by atoms with Gasteiger partial charge in [-0.3, -0.25) is 9.59 Å². The Balaban J connectivity index is 2.22. The van der Waals surface area contributed by atoms with E-state index in [0.29, 0.717) is 16.5 Å². The highest BCUT2D eigenvalue weighted by atomic mass is 16.5. The Morgan fingerprint density at radius 1 is 1.24 bits per heavy atom. The molecule has 5 heteroatoms. The van der Waals surface area contributed by atoms with Crippen molar-refractivity contribution in [1.82, 2.24) is 9.88 Å². The topological polar surface area (TPSA) is 60.3 Å². The Morgan fingerprint density at radius 2 is 1.95 bits per heavy atom. The van der Waals surface area contributed by atoms with Crippen molar-refractivity contribution >= 4 is 16.7 Å². The number of benzene rings is 1. The van der Waals surface area contributed by atoms with Crippen LogP contribution in [0.2, 0.25) is 0 Å². The summed E-state index contributed by atoms with van der Waals surface area (Å²) in [6.45, 7) is 5.65. The highest BCUT2D eigenvalue weighted by Gasteiger charge is 2.14. The van der Waals surface area contributed by atoms with Gasteiger partial charge in [0.25, 0.3) is 11.5 Å². The fourth-order valence-electron chi connectivity index (χ4n) is 2.07. The lowest BCUT2D eigenvalue weighted by Gasteiger charge is -2.20. The van der Waals surface area contributed by atoms with Crippen LogP contribution in [-0.2, 0) is 11.8 Å². The van der Waals surface area contributed by atoms with E-state index in [4.69, 9.17) is 4.74 Å². The number of ether oxygens (including phenoxy) is 1. The van der Waals surface area contributed by atoms with Gasteiger partial charge in [0.1, 0.15) is 5.75 Å². The maximum Gasteiger partial charge on any atom is 0.258 e. The second-order valence-corrected chi connectivity index (χ2v) is 6.04. The highest BCUT2D eigenvalue weighted by Crippen LogP contribution is 2.22. The predicted octanol–water partition coefficient (Wildman–Crippen LogP) is 1.83. The molecule has 0 radical (unpaired) electrons. The summed E-state index contributed by atoms with van der Waals surface area (Å²) in [7, 11) is 1.70. The van der Waals surface area contributed by atoms with E-state index in [-0.39, 0.29) is 23.6 Å². The summed E-state index contributed by atoms with van der Waals surface area (Å²) in [4.78, 5) is 23.8. The molecule has 0 aliphatic heterocycles. The maximum atomic E-state index is 12.0. The van der Waals surface area contributed by atoms with Crippen molar-refractivity contribution in [3.8, 4) is 5.75 Å². The van der Waals surface area contributed by atoms with Crippen LogP contribution in [0.15, 0.2) is 35.3 Å². The van der Waals surface area contributed by atoms with Crippen molar-refractivity contribution < 1.29 is 9.53 Å². The number of carbonyl (C=O) groups is 1. The lowest BCUT2D eigenvalue weighted by Crippen LogP contribution is -2.43. The number of amides is 1. The fraction of sp³-hybridized carbons (Fsp3) is 0.375. The number of hydrogen-bond acceptors (Lipinski definition) is 3. The van der Waals surface area contributed by atoms with Crippen LogP contribution in [0.1, 0.15) is 20.8 Å². The van der Waals surface area contributed by atoms with E-state index in [1.807, 2.05) is 26.8 Å². The number of hydrogen-bond donors (Lipinski definition) is 1. The van der Waals surface area contributed by atoms with E-state index in [2.05, 4.69) is 5.32 Å². The monoisotopic (exact) mass is 288 g/mol. The zero-order chi connectivity index (χ0) is 15.6. The van der Waals surface area contributed by atoms with Gasteiger partial charge >= 0.3 is 0 Å². The van der Waals surface area contributed by atoms with Crippen molar-refractivity contribution in [2.24, 2.45) is 7.05 Å². The summed E-state index contributed by atoms with van der Waals surface area (Å²) in [5, 5.41) is 4.12. The smallest absolute Gasteiger partial charge is 0.258 e. The third-order valence-corrected chi connectivity index (χ3v) is 2.95. The van der Waals surface area contributed by atoms with Gasteiger partial charge in [-0.05, 0) is 39.0 Å². The molecule has 2 aromatic rings. The quantitative estimate of drug-likeness (QED) is 0.937. The summed E-state index contributed by atoms with van der Waals surface area (Å²) in [5.41, 5.74) is -0.383. The predicted molar refractivity (Wildman–Crippen MR) is 82.6 cm³/mol. The van der Waals surface area contributed by atoms with Crippen LogP contribution in [0.4, 0.5) is 0 Å². The van der Waals surface area contributed by atoms with E-state index in [1.54, 1.807) is 31.4 Å². The van der Waals surface area contributed by atoms with Crippen LogP contribution in [0.5, 0.6) is 5.75 Å². The van der Waals surface area contributed by atoms with Crippen molar-refractivity contribution in [3.05, 3.63) is 40.8 Å². The molecule has 0 unspecified atom stereocenters. The highest BCUT2D eigenvalue weighted by molar-refractivity contribution is 5.88. The standard InChI is InChI=1S/C16H20N2O3/c1-16(2,3)17-14(19)10-21-13-7-5-6-12-11(13)8-9-18(4)15(12)20/h5-9H,10H2,1-4H3,(H,17,19). The molecule has 0 aliphatic rings. The molecule has 112 valence electrons. The summed E-state index contributed by atoms with van der Waals surface area (Å²) < 4.78 is 7.07. The summed E-state index contributed by atoms with van der Waals surface area (Å²) in [6.07, 6.45) is 1.69. The lowest BCUT2D eigenvalue weighted by atomic mass is 10.1. The van der Waals surface area contributed by atoms with Gasteiger partial charge in [-0.2, -0.15) is 0 Å². The van der Waals surface area contributed by atoms with Crippen molar-refractivity contribution in [3.63, 3.8) is 0 Å². The SMILES string of the molecule is Cn1ccc2c(OCC(=O)NC(C)(C)C)cccc2c1=O. The van der Waals surface area contributed by atoms with Crippen molar-refractivity contribution in [2.45, 2.75) is 26.3 Å². The Kier molecular flexibility index (Phi) is 4.02. The molecule has 0 saturated heterocycles. The summed E-state index contributed by atoms with van der Waals surface area (Å²) >= 11 is 0. The molecule has 5 nitrogen and oxygen atoms in total. The number of nitrogens with one attached hydrogen (secondary N) is 1. The lowest BCUT2D eigenvalue weighted by molar-refractivity contribution is -0.124. The molecule has 0 atom stereocenters. The zero-order valence-electron chi connectivity index (χ0n) is 12.8. The molecular weight excluding hydrogens is 268 g/mol. The van der Waals surface area contributed by atoms with Gasteiger partial charge in [-0.15, -0.1) is 0 Å². The van der Waals surface area contributed by atoms with Gasteiger partial charge < -0.3 is 14.6 Å². The molecule has 21 heavy (non-hydrogen) atoms. The van der Waals surface area contributed by atoms with E-state index >= 15 is 0 Å². The van der Waals surface area contributed by atoms with E-state index < -0.39 is 0 Å². The first-order chi connectivity index (χ1) is 9.78. The number of nitrogens with zero attached hydrogens (tertiary/aromatic N) is 1. The molecule has 0 spiro atoms. The fourth-order valence-corrected chi connectivity index (χ4v) is 2.07. The maximum absolute atomic E-state index is 12.0. The molecule has 1 N–H and O–H groups in total. The Labute approximate surface area is 123 Å². The van der Waals surface area contributed by atoms with E-state index in [1.165, 1.54) is 4.57 Å². The largest absolute Gasteiger partial charge is 0.483 e. The van der Waals surface area contributed by atoms with Gasteiger partial charge in [0.15, 0.2) is 6.61 Å². The van der Waals surface area contributed by atoms with Gasteiger partial charge in [-0.25, -0.2) is 0 Å². The van der Waals surface area contributed by atoms with Crippen LogP contribution in [0, 0.1) is 0 Å². The minimum atomic E-state index is -0.296. The van der Waals surface area contributed by atoms with E-state index in [9.17, 15) is 9.59 Å². The minimum absolute atomic E-state index is 0.0778. The number of aryl methyl sites for hydroxylation is 1. The number of fused-ring (bicyclic) bond motifs is 1. The van der Waals surface area contributed by atoms with Crippen molar-refractivity contribution in [1.29, 1.82) is 0 Å². The third kappa shape index (κ3) is 3.62. The molecule has 2 rings (SSSR count). The average Bonchev–Trinajstić information content (AvgIpc) is 2.39. The molecular formula is C16H20N2O3. The Bertz CT molecular complexity index is 726. The second-order valence-electron chi connectivity index (χ2n) is 6.04. The van der Waals surface area contributed by atoms with Crippen molar-refractivity contribution in [2.75, 3.05) is 6.61 Å². The van der Waals surface area contributed by atoms with Gasteiger partial charge in [0.05, 0.1) is 5.39 Å². The van der Waals surface area contributed by atoms with Crippen LogP contribution in [0.3, 0.4) is 0 Å². The van der Waals surface area contributed by atoms with E-state index in [0.717, 1.165) is 0 Å². The summed E-state index contributed by atoms with van der Waals surface area (Å²) in [6, 6.07) is 7.07. The average molecular weight is 288 g/mol. The Hall–Kier alpha value is -2.30. The second kappa shape index (κ2) is 5.60. The van der Waals surface area contributed by atoms with Crippen LogP contribution >= 0.6 is 0 Å². The minimum Gasteiger partial charge on any atom is -0.483 e. The molecule has 1 aromatic heterocycles. The molecule has 0 fully saturated rings. The first-order valence-corrected chi connectivity index (χ1v) is 6.80. The molecule has 1 heterocycles. The van der Waals surface area contributed by atoms with Gasteiger partial charge in [0.2, 0.25) is 0 Å². The van der Waals surface area contributed by atoms with Crippen LogP contribution < -0.4 is 15.6 Å². The number of pyridine rings is 1. The molecule has 0 saturated carbocycles. The Morgan fingerprint density at radius 3 is 2.62 bits per heavy atom. The third-order valence-electron chi connectivity index (χ3n) is 2.95. The zero-order valence-corrected chi connectivity index (χ0v) is 12.8. The number of aromatic nitrogens is 1. The molecule has 0 bridgehead atoms.